The van der Waals surface area contributed by atoms with Crippen molar-refractivity contribution in [3.8, 4) is 17.2 Å². The van der Waals surface area contributed by atoms with Crippen LogP contribution in [0, 0.1) is 11.3 Å². The van der Waals surface area contributed by atoms with E-state index in [1.54, 1.807) is 20.0 Å². The van der Waals surface area contributed by atoms with Crippen molar-refractivity contribution in [1.29, 1.82) is 5.26 Å². The highest BCUT2D eigenvalue weighted by Gasteiger charge is 2.28. The van der Waals surface area contributed by atoms with Crippen LogP contribution in [-0.2, 0) is 23.0 Å². The minimum Gasteiger partial charge on any atom is -0.408 e. The molecule has 9 heteroatoms. The van der Waals surface area contributed by atoms with Crippen molar-refractivity contribution in [1.82, 2.24) is 15.2 Å². The summed E-state index contributed by atoms with van der Waals surface area (Å²) in [5, 5.41) is 25.5. The first kappa shape index (κ1) is 23.7. The molecule has 178 valence electrons. The monoisotopic (exact) mass is 464 g/mol. The van der Waals surface area contributed by atoms with Crippen LogP contribution in [0.15, 0.2) is 51.7 Å². The van der Waals surface area contributed by atoms with Gasteiger partial charge in [0, 0.05) is 33.0 Å². The fourth-order valence-corrected chi connectivity index (χ4v) is 3.98. The Kier molecular flexibility index (Phi) is 6.84. The first-order valence-corrected chi connectivity index (χ1v) is 11.2. The SMILES string of the molecule is Cn1c(=O)oc2ccc(-c3ccc(C[C@@H](C#N)NC(=O)[C@@H]4CNCC(C)(O)CCO4)cc3)cc21. The second kappa shape index (κ2) is 9.81. The highest BCUT2D eigenvalue weighted by Crippen LogP contribution is 2.24. The van der Waals surface area contributed by atoms with Crippen molar-refractivity contribution in [2.24, 2.45) is 7.05 Å². The van der Waals surface area contributed by atoms with Gasteiger partial charge in [-0.1, -0.05) is 30.3 Å². The van der Waals surface area contributed by atoms with Gasteiger partial charge in [0.2, 0.25) is 0 Å². The van der Waals surface area contributed by atoms with Crippen LogP contribution in [-0.4, -0.2) is 53.0 Å². The number of ether oxygens (including phenoxy) is 1. The zero-order chi connectivity index (χ0) is 24.3. The third kappa shape index (κ3) is 5.37. The smallest absolute Gasteiger partial charge is 0.408 e. The number of fused-ring (bicyclic) bond motifs is 1. The van der Waals surface area contributed by atoms with Crippen LogP contribution in [0.1, 0.15) is 18.9 Å². The van der Waals surface area contributed by atoms with E-state index >= 15 is 0 Å². The summed E-state index contributed by atoms with van der Waals surface area (Å²) in [5.41, 5.74) is 3.18. The van der Waals surface area contributed by atoms with Gasteiger partial charge < -0.3 is 24.9 Å². The first-order chi connectivity index (χ1) is 16.3. The summed E-state index contributed by atoms with van der Waals surface area (Å²) in [6.07, 6.45) is 0.0528. The van der Waals surface area contributed by atoms with Gasteiger partial charge in [0.15, 0.2) is 5.58 Å². The van der Waals surface area contributed by atoms with Crippen LogP contribution >= 0.6 is 0 Å². The van der Waals surface area contributed by atoms with Gasteiger partial charge in [-0.3, -0.25) is 9.36 Å². The highest BCUT2D eigenvalue weighted by atomic mass is 16.5. The average Bonchev–Trinajstić information content (AvgIpc) is 3.09. The van der Waals surface area contributed by atoms with E-state index in [1.807, 2.05) is 36.4 Å². The second-order valence-electron chi connectivity index (χ2n) is 8.94. The summed E-state index contributed by atoms with van der Waals surface area (Å²) >= 11 is 0. The number of carbonyl (C=O) groups is 1. The number of nitrogens with zero attached hydrogens (tertiary/aromatic N) is 2. The van der Waals surface area contributed by atoms with Crippen molar-refractivity contribution in [3.05, 3.63) is 58.6 Å². The number of nitriles is 1. The second-order valence-corrected chi connectivity index (χ2v) is 8.94. The number of β-amino-alcohol motifs (C(OH)–C–C–N with tert-alkyl or cyclic N) is 1. The van der Waals surface area contributed by atoms with Crippen LogP contribution < -0.4 is 16.4 Å². The summed E-state index contributed by atoms with van der Waals surface area (Å²) in [6, 6.07) is 14.7. The molecule has 0 radical (unpaired) electrons. The Morgan fingerprint density at radius 1 is 1.32 bits per heavy atom. The van der Waals surface area contributed by atoms with Crippen LogP contribution in [0.25, 0.3) is 22.2 Å². The molecule has 0 aliphatic carbocycles. The topological polar surface area (TPSA) is 130 Å². The van der Waals surface area contributed by atoms with E-state index in [2.05, 4.69) is 16.7 Å². The van der Waals surface area contributed by atoms with E-state index in [1.165, 1.54) is 4.57 Å². The predicted octanol–water partition coefficient (Wildman–Crippen LogP) is 1.48. The van der Waals surface area contributed by atoms with Crippen LogP contribution in [0.4, 0.5) is 0 Å². The number of nitrogens with one attached hydrogen (secondary N) is 2. The quantitative estimate of drug-likeness (QED) is 0.521. The number of rotatable bonds is 5. The van der Waals surface area contributed by atoms with Gasteiger partial charge in [0.1, 0.15) is 12.1 Å². The maximum Gasteiger partial charge on any atom is 0.419 e. The molecule has 2 heterocycles. The lowest BCUT2D eigenvalue weighted by Gasteiger charge is -2.29. The van der Waals surface area contributed by atoms with E-state index in [0.29, 0.717) is 30.5 Å². The van der Waals surface area contributed by atoms with E-state index in [0.717, 1.165) is 16.7 Å². The zero-order valence-electron chi connectivity index (χ0n) is 19.2. The van der Waals surface area contributed by atoms with Gasteiger partial charge in [-0.15, -0.1) is 0 Å². The number of carbonyl (C=O) groups excluding carboxylic acids is 1. The maximum atomic E-state index is 12.6. The Hall–Kier alpha value is -3.45. The van der Waals surface area contributed by atoms with Crippen molar-refractivity contribution in [3.63, 3.8) is 0 Å². The summed E-state index contributed by atoms with van der Waals surface area (Å²) in [7, 11) is 1.67. The minimum atomic E-state index is -0.871. The van der Waals surface area contributed by atoms with E-state index < -0.39 is 23.5 Å². The Morgan fingerprint density at radius 2 is 2.06 bits per heavy atom. The summed E-state index contributed by atoms with van der Waals surface area (Å²) < 4.78 is 12.3. The normalized spacial score (nSPS) is 21.9. The number of aryl methyl sites for hydroxylation is 1. The average molecular weight is 465 g/mol. The number of benzene rings is 2. The molecule has 1 aliphatic rings. The minimum absolute atomic E-state index is 0.265. The lowest BCUT2D eigenvalue weighted by molar-refractivity contribution is -0.135. The number of aliphatic hydroxyl groups is 1. The molecule has 1 fully saturated rings. The lowest BCUT2D eigenvalue weighted by atomic mass is 10.0. The van der Waals surface area contributed by atoms with E-state index in [9.17, 15) is 20.0 Å². The molecule has 3 atom stereocenters. The van der Waals surface area contributed by atoms with E-state index in [-0.39, 0.29) is 19.1 Å². The van der Waals surface area contributed by atoms with Crippen molar-refractivity contribution in [2.45, 2.75) is 37.5 Å². The van der Waals surface area contributed by atoms with Gasteiger partial charge >= 0.3 is 5.76 Å². The molecule has 9 nitrogen and oxygen atoms in total. The Morgan fingerprint density at radius 3 is 2.79 bits per heavy atom. The molecule has 3 N–H and O–H groups in total. The summed E-state index contributed by atoms with van der Waals surface area (Å²) in [5.74, 6) is -0.754. The molecular weight excluding hydrogens is 436 g/mol. The first-order valence-electron chi connectivity index (χ1n) is 11.2. The Balaban J connectivity index is 1.39. The molecule has 34 heavy (non-hydrogen) atoms. The molecule has 0 spiro atoms. The van der Waals surface area contributed by atoms with Crippen LogP contribution in [0.2, 0.25) is 0 Å². The third-order valence-corrected chi connectivity index (χ3v) is 6.08. The summed E-state index contributed by atoms with van der Waals surface area (Å²) in [6.45, 7) is 2.63. The lowest BCUT2D eigenvalue weighted by Crippen LogP contribution is -2.51. The zero-order valence-corrected chi connectivity index (χ0v) is 19.2. The Labute approximate surface area is 196 Å². The van der Waals surface area contributed by atoms with E-state index in [4.69, 9.17) is 9.15 Å². The fraction of sp³-hybridized carbons (Fsp3) is 0.400. The summed E-state index contributed by atoms with van der Waals surface area (Å²) in [4.78, 5) is 24.4. The number of hydrogen-bond donors (Lipinski definition) is 3. The third-order valence-electron chi connectivity index (χ3n) is 6.08. The molecule has 1 saturated heterocycles. The molecule has 1 unspecified atom stereocenters. The fourth-order valence-electron chi connectivity index (χ4n) is 3.98. The van der Waals surface area contributed by atoms with Gasteiger partial charge in [-0.2, -0.15) is 5.26 Å². The van der Waals surface area contributed by atoms with Crippen molar-refractivity contribution < 1.29 is 19.1 Å². The molecule has 0 saturated carbocycles. The molecule has 3 aromatic rings. The van der Waals surface area contributed by atoms with Gasteiger partial charge in [0.25, 0.3) is 5.91 Å². The molecule has 1 amide bonds. The van der Waals surface area contributed by atoms with Crippen molar-refractivity contribution >= 4 is 17.0 Å². The Bertz CT molecular complexity index is 1260. The number of hydrogen-bond acceptors (Lipinski definition) is 7. The predicted molar refractivity (Wildman–Crippen MR) is 126 cm³/mol. The number of aromatic nitrogens is 1. The van der Waals surface area contributed by atoms with Crippen LogP contribution in [0.3, 0.4) is 0 Å². The standard InChI is InChI=1S/C25H28N4O5/c1-25(32)9-10-33-22(14-27-15-25)23(30)28-19(13-26)11-16-3-5-17(6-4-16)18-7-8-21-20(12-18)29(2)24(31)34-21/h3-8,12,19,22,27,32H,9-11,14-15H2,1-2H3,(H,28,30)/t19-,22-,25?/m0/s1. The number of oxazole rings is 1. The van der Waals surface area contributed by atoms with Crippen LogP contribution in [0.5, 0.6) is 0 Å². The molecule has 1 aromatic heterocycles. The largest absolute Gasteiger partial charge is 0.419 e. The van der Waals surface area contributed by atoms with Gasteiger partial charge in [-0.25, -0.2) is 4.79 Å². The van der Waals surface area contributed by atoms with Crippen molar-refractivity contribution in [2.75, 3.05) is 19.7 Å². The molecule has 1 aliphatic heterocycles. The number of amides is 1. The highest BCUT2D eigenvalue weighted by molar-refractivity contribution is 5.82. The molecule has 2 aromatic carbocycles. The van der Waals surface area contributed by atoms with Gasteiger partial charge in [-0.05, 0) is 35.7 Å². The molecule has 4 rings (SSSR count). The van der Waals surface area contributed by atoms with Gasteiger partial charge in [0.05, 0.1) is 23.8 Å². The maximum absolute atomic E-state index is 12.6. The molecule has 0 bridgehead atoms. The molecular formula is C25H28N4O5.